The van der Waals surface area contributed by atoms with Gasteiger partial charge in [-0.3, -0.25) is 0 Å². The maximum absolute atomic E-state index is 8.40. The molecule has 0 radical (unpaired) electrons. The van der Waals surface area contributed by atoms with Gasteiger partial charge in [0.1, 0.15) is 17.7 Å². The summed E-state index contributed by atoms with van der Waals surface area (Å²) in [5, 5.41) is 33.5. The molecule has 0 aliphatic rings. The maximum Gasteiger partial charge on any atom is 0.151 e. The zero-order chi connectivity index (χ0) is 11.5. The van der Waals surface area contributed by atoms with Gasteiger partial charge in [0, 0.05) is 0 Å². The minimum absolute atomic E-state index is 0.00299. The summed E-state index contributed by atoms with van der Waals surface area (Å²) in [5.74, 6) is -0.773. The predicted molar refractivity (Wildman–Crippen MR) is 52.3 cm³/mol. The summed E-state index contributed by atoms with van der Waals surface area (Å²) in [6.07, 6.45) is 7.31. The monoisotopic (exact) mass is 194 g/mol. The van der Waals surface area contributed by atoms with Gasteiger partial charge in [-0.25, -0.2) is 0 Å². The fourth-order valence-corrected chi connectivity index (χ4v) is 0.606. The van der Waals surface area contributed by atoms with Gasteiger partial charge in [-0.2, -0.15) is 21.0 Å². The zero-order valence-corrected chi connectivity index (χ0v) is 7.75. The van der Waals surface area contributed by atoms with Crippen LogP contribution < -0.4 is 0 Å². The molecular weight excluding hydrogens is 188 g/mol. The summed E-state index contributed by atoms with van der Waals surface area (Å²) in [6.45, 7) is 0. The Labute approximate surface area is 87.9 Å². The number of hydrogen-bond donors (Lipinski definition) is 0. The summed E-state index contributed by atoms with van der Waals surface area (Å²) in [4.78, 5) is 0. The summed E-state index contributed by atoms with van der Waals surface area (Å²) in [5.41, 5.74) is -0.00299. The third-order valence-corrected chi connectivity index (χ3v) is 1.31. The Morgan fingerprint density at radius 2 is 1.47 bits per heavy atom. The Bertz CT molecular complexity index is 425. The fraction of sp³-hybridized carbons (Fsp3) is 0.0909. The van der Waals surface area contributed by atoms with Gasteiger partial charge in [0.25, 0.3) is 0 Å². The van der Waals surface area contributed by atoms with Gasteiger partial charge in [0.05, 0.1) is 12.1 Å². The predicted octanol–water partition coefficient (Wildman–Crippen LogP) is 1.74. The maximum atomic E-state index is 8.40. The van der Waals surface area contributed by atoms with Crippen LogP contribution in [0.3, 0.4) is 0 Å². The van der Waals surface area contributed by atoms with Gasteiger partial charge in [-0.05, 0) is 6.08 Å². The lowest BCUT2D eigenvalue weighted by Crippen LogP contribution is -1.83. The van der Waals surface area contributed by atoms with Crippen molar-refractivity contribution >= 4 is 0 Å². The van der Waals surface area contributed by atoms with E-state index in [0.717, 1.165) is 0 Å². The highest BCUT2D eigenvalue weighted by molar-refractivity contribution is 5.38. The van der Waals surface area contributed by atoms with Gasteiger partial charge in [-0.15, -0.1) is 0 Å². The first-order valence-corrected chi connectivity index (χ1v) is 3.93. The van der Waals surface area contributed by atoms with Crippen LogP contribution in [0.2, 0.25) is 0 Å². The highest BCUT2D eigenvalue weighted by atomic mass is 14.3. The second-order valence-electron chi connectivity index (χ2n) is 2.31. The Morgan fingerprint density at radius 1 is 0.867 bits per heavy atom. The Hall–Kier alpha value is -2.82. The molecule has 0 aromatic carbocycles. The number of nitriles is 4. The van der Waals surface area contributed by atoms with Gasteiger partial charge >= 0.3 is 0 Å². The van der Waals surface area contributed by atoms with Crippen LogP contribution in [0.4, 0.5) is 0 Å². The average Bonchev–Trinajstić information content (AvgIpc) is 2.29. The lowest BCUT2D eigenvalue weighted by Gasteiger charge is -1.83. The van der Waals surface area contributed by atoms with E-state index in [1.165, 1.54) is 30.4 Å². The molecule has 0 rings (SSSR count). The van der Waals surface area contributed by atoms with Crippen LogP contribution in [-0.4, -0.2) is 0 Å². The quantitative estimate of drug-likeness (QED) is 0.504. The van der Waals surface area contributed by atoms with Crippen LogP contribution in [-0.2, 0) is 0 Å². The molecule has 0 saturated carbocycles. The molecule has 0 fully saturated rings. The molecule has 0 amide bonds. The van der Waals surface area contributed by atoms with Crippen molar-refractivity contribution < 1.29 is 0 Å². The minimum Gasteiger partial charge on any atom is -0.197 e. The summed E-state index contributed by atoms with van der Waals surface area (Å²) >= 11 is 0. The smallest absolute Gasteiger partial charge is 0.151 e. The van der Waals surface area contributed by atoms with E-state index in [4.69, 9.17) is 21.0 Å². The molecule has 0 aromatic rings. The van der Waals surface area contributed by atoms with Gasteiger partial charge in [0.2, 0.25) is 0 Å². The van der Waals surface area contributed by atoms with Crippen molar-refractivity contribution in [1.82, 2.24) is 0 Å². The fourth-order valence-electron chi connectivity index (χ4n) is 0.606. The lowest BCUT2D eigenvalue weighted by atomic mass is 10.2. The molecule has 0 saturated heterocycles. The van der Waals surface area contributed by atoms with Gasteiger partial charge < -0.3 is 0 Å². The van der Waals surface area contributed by atoms with Crippen LogP contribution in [0.15, 0.2) is 36.0 Å². The molecule has 4 nitrogen and oxygen atoms in total. The van der Waals surface area contributed by atoms with Crippen molar-refractivity contribution in [3.05, 3.63) is 36.0 Å². The SMILES string of the molecule is N#CC(C#N)=CC=CC=CC(C#N)C#N. The number of hydrogen-bond acceptors (Lipinski definition) is 4. The van der Waals surface area contributed by atoms with Crippen molar-refractivity contribution in [3.8, 4) is 24.3 Å². The third kappa shape index (κ3) is 5.42. The molecule has 0 aliphatic carbocycles. The lowest BCUT2D eigenvalue weighted by molar-refractivity contribution is 1.09. The average molecular weight is 194 g/mol. The van der Waals surface area contributed by atoms with Gasteiger partial charge in [-0.1, -0.05) is 24.3 Å². The first-order valence-electron chi connectivity index (χ1n) is 3.93. The van der Waals surface area contributed by atoms with E-state index in [9.17, 15) is 0 Å². The summed E-state index contributed by atoms with van der Waals surface area (Å²) < 4.78 is 0. The molecule has 0 heterocycles. The number of nitrogens with zero attached hydrogens (tertiary/aromatic N) is 4. The van der Waals surface area contributed by atoms with E-state index in [1.54, 1.807) is 24.3 Å². The second kappa shape index (κ2) is 7.81. The number of rotatable bonds is 3. The Balaban J connectivity index is 4.33. The summed E-state index contributed by atoms with van der Waals surface area (Å²) in [7, 11) is 0. The highest BCUT2D eigenvalue weighted by Crippen LogP contribution is 1.95. The molecule has 0 unspecified atom stereocenters. The first kappa shape index (κ1) is 12.2. The number of allylic oxidation sites excluding steroid dienone is 6. The zero-order valence-electron chi connectivity index (χ0n) is 7.75. The molecule has 0 N–H and O–H groups in total. The normalized spacial score (nSPS) is 9.13. The van der Waals surface area contributed by atoms with E-state index in [-0.39, 0.29) is 5.57 Å². The standard InChI is InChI=1S/C11H6N4/c12-6-10(7-13)4-2-1-3-5-11(8-14)9-15/h1-5,10H. The van der Waals surface area contributed by atoms with E-state index in [1.807, 2.05) is 0 Å². The van der Waals surface area contributed by atoms with Crippen LogP contribution in [0.1, 0.15) is 0 Å². The van der Waals surface area contributed by atoms with Crippen LogP contribution in [0.5, 0.6) is 0 Å². The molecule has 0 aromatic heterocycles. The molecule has 4 heteroatoms. The third-order valence-electron chi connectivity index (χ3n) is 1.31. The van der Waals surface area contributed by atoms with E-state index < -0.39 is 5.92 Å². The summed E-state index contributed by atoms with van der Waals surface area (Å²) in [6, 6.07) is 6.93. The molecule has 70 valence electrons. The first-order chi connectivity index (χ1) is 7.28. The molecule has 0 bridgehead atoms. The largest absolute Gasteiger partial charge is 0.197 e. The van der Waals surface area contributed by atoms with Crippen LogP contribution in [0, 0.1) is 51.2 Å². The van der Waals surface area contributed by atoms with Crippen molar-refractivity contribution in [1.29, 1.82) is 21.0 Å². The topological polar surface area (TPSA) is 95.2 Å². The van der Waals surface area contributed by atoms with Crippen molar-refractivity contribution in [2.45, 2.75) is 0 Å². The Morgan fingerprint density at radius 3 is 1.93 bits per heavy atom. The second-order valence-corrected chi connectivity index (χ2v) is 2.31. The van der Waals surface area contributed by atoms with Gasteiger partial charge in [0.15, 0.2) is 5.92 Å². The van der Waals surface area contributed by atoms with E-state index in [0.29, 0.717) is 0 Å². The van der Waals surface area contributed by atoms with Crippen molar-refractivity contribution in [2.75, 3.05) is 0 Å². The minimum atomic E-state index is -0.773. The molecular formula is C11H6N4. The van der Waals surface area contributed by atoms with Crippen LogP contribution in [0.25, 0.3) is 0 Å². The molecule has 0 atom stereocenters. The van der Waals surface area contributed by atoms with Crippen molar-refractivity contribution in [3.63, 3.8) is 0 Å². The molecule has 0 aliphatic heterocycles. The Kier molecular flexibility index (Phi) is 6.34. The van der Waals surface area contributed by atoms with E-state index in [2.05, 4.69) is 0 Å². The van der Waals surface area contributed by atoms with Crippen LogP contribution >= 0.6 is 0 Å². The molecule has 0 spiro atoms. The molecule has 15 heavy (non-hydrogen) atoms. The highest BCUT2D eigenvalue weighted by Gasteiger charge is 1.95. The van der Waals surface area contributed by atoms with E-state index >= 15 is 0 Å². The van der Waals surface area contributed by atoms with Crippen molar-refractivity contribution in [2.24, 2.45) is 5.92 Å².